The van der Waals surface area contributed by atoms with E-state index in [0.717, 1.165) is 5.69 Å². The summed E-state index contributed by atoms with van der Waals surface area (Å²) in [6, 6.07) is 7.17. The van der Waals surface area contributed by atoms with E-state index in [1.807, 2.05) is 36.2 Å². The molecule has 1 aromatic carbocycles. The number of Topliss-reactive ketones (excluding diaryl/α,β-unsaturated/α-hetero) is 1. The van der Waals surface area contributed by atoms with E-state index in [1.54, 1.807) is 12.1 Å². The average Bonchev–Trinajstić information content (AvgIpc) is 2.62. The van der Waals surface area contributed by atoms with Gasteiger partial charge in [0.25, 0.3) is 0 Å². The molecule has 2 aliphatic heterocycles. The molecule has 3 rings (SSSR count). The van der Waals surface area contributed by atoms with Gasteiger partial charge in [0.05, 0.1) is 5.92 Å². The number of hydrogen-bond acceptors (Lipinski definition) is 7. The zero-order chi connectivity index (χ0) is 21.3. The van der Waals surface area contributed by atoms with E-state index in [2.05, 4.69) is 0 Å². The smallest absolute Gasteiger partial charge is 0.303 e. The van der Waals surface area contributed by atoms with Crippen LogP contribution in [0.15, 0.2) is 36.5 Å². The minimum absolute atomic E-state index is 0.0910. The molecule has 0 spiro atoms. The van der Waals surface area contributed by atoms with Crippen molar-refractivity contribution < 1.29 is 28.6 Å². The molecule has 2 bridgehead atoms. The molecule has 156 valence electrons. The van der Waals surface area contributed by atoms with Crippen LogP contribution in [0.1, 0.15) is 27.7 Å². The summed E-state index contributed by atoms with van der Waals surface area (Å²) in [4.78, 5) is 37.6. The molecule has 7 nitrogen and oxygen atoms in total. The maximum atomic E-state index is 12.7. The first-order valence-corrected chi connectivity index (χ1v) is 9.73. The van der Waals surface area contributed by atoms with Crippen molar-refractivity contribution in [1.29, 1.82) is 0 Å². The third-order valence-corrected chi connectivity index (χ3v) is 5.58. The standard InChI is InChI=1S/C21H24ClNO6/c1-12(24)19-17-9-10-23(16-7-5-15(22)6-8-16)21(19,4)29-18(11-27-13(2)25)20(17)28-14(3)26/h5-10,17-20H,11H2,1-4H3/t17-,18?,19-,20+,21-/m1/s1. The number of hydrogen-bond donors (Lipinski definition) is 0. The van der Waals surface area contributed by atoms with Gasteiger partial charge in [0.15, 0.2) is 5.72 Å². The molecule has 0 N–H and O–H groups in total. The molecule has 2 heterocycles. The number of carbonyl (C=O) groups is 3. The van der Waals surface area contributed by atoms with Gasteiger partial charge in [0.1, 0.15) is 24.6 Å². The van der Waals surface area contributed by atoms with E-state index in [4.69, 9.17) is 25.8 Å². The highest BCUT2D eigenvalue weighted by Gasteiger charge is 2.59. The van der Waals surface area contributed by atoms with E-state index in [-0.39, 0.29) is 12.4 Å². The van der Waals surface area contributed by atoms with Crippen molar-refractivity contribution in [2.45, 2.75) is 45.6 Å². The highest BCUT2D eigenvalue weighted by atomic mass is 35.5. The van der Waals surface area contributed by atoms with Crippen molar-refractivity contribution in [3.8, 4) is 0 Å². The molecule has 0 aromatic heterocycles. The van der Waals surface area contributed by atoms with Crippen LogP contribution in [-0.2, 0) is 28.6 Å². The highest BCUT2D eigenvalue weighted by molar-refractivity contribution is 6.30. The lowest BCUT2D eigenvalue weighted by molar-refractivity contribution is -0.234. The van der Waals surface area contributed by atoms with Gasteiger partial charge in [-0.05, 0) is 38.1 Å². The summed E-state index contributed by atoms with van der Waals surface area (Å²) < 4.78 is 17.0. The van der Waals surface area contributed by atoms with Crippen LogP contribution in [0.3, 0.4) is 0 Å². The fourth-order valence-corrected chi connectivity index (χ4v) is 4.39. The van der Waals surface area contributed by atoms with Crippen molar-refractivity contribution in [2.75, 3.05) is 11.5 Å². The molecule has 1 saturated heterocycles. The van der Waals surface area contributed by atoms with Crippen LogP contribution in [0.25, 0.3) is 0 Å². The lowest BCUT2D eigenvalue weighted by Crippen LogP contribution is -2.68. The number of rotatable bonds is 5. The van der Waals surface area contributed by atoms with Crippen LogP contribution < -0.4 is 4.90 Å². The minimum atomic E-state index is -1.07. The molecule has 29 heavy (non-hydrogen) atoms. The Labute approximate surface area is 174 Å². The van der Waals surface area contributed by atoms with Gasteiger partial charge in [-0.2, -0.15) is 0 Å². The highest BCUT2D eigenvalue weighted by Crippen LogP contribution is 2.48. The van der Waals surface area contributed by atoms with Crippen molar-refractivity contribution in [1.82, 2.24) is 0 Å². The van der Waals surface area contributed by atoms with E-state index < -0.39 is 41.7 Å². The Morgan fingerprint density at radius 3 is 2.34 bits per heavy atom. The number of carbonyl (C=O) groups excluding carboxylic acids is 3. The summed E-state index contributed by atoms with van der Waals surface area (Å²) in [5, 5.41) is 0.591. The van der Waals surface area contributed by atoms with Gasteiger partial charge in [0, 0.05) is 36.7 Å². The van der Waals surface area contributed by atoms with E-state index >= 15 is 0 Å². The first kappa shape index (κ1) is 21.3. The SMILES string of the molecule is CC(=O)OCC1O[C@]2(C)[C@H](C(C)=O)[C@@H](C=CN2c2ccc(Cl)cc2)[C@@H]1OC(C)=O. The zero-order valence-electron chi connectivity index (χ0n) is 16.8. The summed E-state index contributed by atoms with van der Waals surface area (Å²) in [6.07, 6.45) is 2.19. The maximum absolute atomic E-state index is 12.7. The second-order valence-corrected chi connectivity index (χ2v) is 7.88. The first-order chi connectivity index (χ1) is 13.6. The summed E-state index contributed by atoms with van der Waals surface area (Å²) in [5.41, 5.74) is -0.282. The summed E-state index contributed by atoms with van der Waals surface area (Å²) in [7, 11) is 0. The van der Waals surface area contributed by atoms with Gasteiger partial charge in [-0.3, -0.25) is 14.4 Å². The number of ether oxygens (including phenoxy) is 3. The number of fused-ring (bicyclic) bond motifs is 2. The molecule has 0 amide bonds. The lowest BCUT2D eigenvalue weighted by atomic mass is 9.71. The van der Waals surface area contributed by atoms with Gasteiger partial charge in [0.2, 0.25) is 0 Å². The fraction of sp³-hybridized carbons (Fsp3) is 0.476. The molecule has 1 aromatic rings. The van der Waals surface area contributed by atoms with Gasteiger partial charge in [-0.25, -0.2) is 0 Å². The van der Waals surface area contributed by atoms with Crippen LogP contribution in [0.2, 0.25) is 5.02 Å². The normalized spacial score (nSPS) is 30.6. The third kappa shape index (κ3) is 4.16. The average molecular weight is 422 g/mol. The Bertz CT molecular complexity index is 838. The van der Waals surface area contributed by atoms with Crippen molar-refractivity contribution in [3.05, 3.63) is 41.6 Å². The largest absolute Gasteiger partial charge is 0.463 e. The molecule has 1 fully saturated rings. The fourth-order valence-electron chi connectivity index (χ4n) is 4.27. The second kappa shape index (κ2) is 8.16. The molecular formula is C21H24ClNO6. The molecule has 0 saturated carbocycles. The van der Waals surface area contributed by atoms with Crippen LogP contribution in [0.4, 0.5) is 5.69 Å². The molecule has 1 unspecified atom stereocenters. The summed E-state index contributed by atoms with van der Waals surface area (Å²) in [6.45, 7) is 5.81. The number of ketones is 1. The molecule has 0 radical (unpaired) electrons. The van der Waals surface area contributed by atoms with Crippen molar-refractivity contribution in [2.24, 2.45) is 11.8 Å². The molecular weight excluding hydrogens is 398 g/mol. The number of halogens is 1. The Balaban J connectivity index is 2.06. The predicted octanol–water partition coefficient (Wildman–Crippen LogP) is 3.10. The van der Waals surface area contributed by atoms with E-state index in [0.29, 0.717) is 5.02 Å². The first-order valence-electron chi connectivity index (χ1n) is 9.35. The number of nitrogens with zero attached hydrogens (tertiary/aromatic N) is 1. The quantitative estimate of drug-likeness (QED) is 0.675. The zero-order valence-corrected chi connectivity index (χ0v) is 17.5. The molecule has 5 atom stereocenters. The molecule has 8 heteroatoms. The topological polar surface area (TPSA) is 82.1 Å². The van der Waals surface area contributed by atoms with Crippen molar-refractivity contribution >= 4 is 35.0 Å². The number of esters is 2. The predicted molar refractivity (Wildman–Crippen MR) is 106 cm³/mol. The summed E-state index contributed by atoms with van der Waals surface area (Å²) >= 11 is 6.01. The van der Waals surface area contributed by atoms with E-state index in [9.17, 15) is 14.4 Å². The van der Waals surface area contributed by atoms with Crippen LogP contribution >= 0.6 is 11.6 Å². The second-order valence-electron chi connectivity index (χ2n) is 7.44. The monoisotopic (exact) mass is 421 g/mol. The minimum Gasteiger partial charge on any atom is -0.463 e. The maximum Gasteiger partial charge on any atom is 0.303 e. The van der Waals surface area contributed by atoms with Gasteiger partial charge >= 0.3 is 11.9 Å². The number of anilines is 1. The Hall–Kier alpha value is -2.38. The van der Waals surface area contributed by atoms with Crippen LogP contribution in [-0.4, -0.2) is 42.3 Å². The summed E-state index contributed by atoms with van der Waals surface area (Å²) in [5.74, 6) is -2.07. The van der Waals surface area contributed by atoms with Gasteiger partial charge in [-0.1, -0.05) is 17.7 Å². The lowest BCUT2D eigenvalue weighted by Gasteiger charge is -2.56. The Morgan fingerprint density at radius 1 is 1.14 bits per heavy atom. The third-order valence-electron chi connectivity index (χ3n) is 5.33. The van der Waals surface area contributed by atoms with Crippen molar-refractivity contribution in [3.63, 3.8) is 0 Å². The van der Waals surface area contributed by atoms with Crippen LogP contribution in [0, 0.1) is 11.8 Å². The Kier molecular flexibility index (Phi) is 6.00. The number of benzene rings is 1. The molecule has 0 aliphatic carbocycles. The Morgan fingerprint density at radius 2 is 1.79 bits per heavy atom. The van der Waals surface area contributed by atoms with Gasteiger partial charge in [-0.15, -0.1) is 0 Å². The van der Waals surface area contributed by atoms with E-state index in [1.165, 1.54) is 20.8 Å². The van der Waals surface area contributed by atoms with Gasteiger partial charge < -0.3 is 19.1 Å². The molecule has 2 aliphatic rings. The van der Waals surface area contributed by atoms with Crippen LogP contribution in [0.5, 0.6) is 0 Å².